The molecule has 1 amide bonds. The number of carbonyl (C=O) groups is 1. The lowest BCUT2D eigenvalue weighted by atomic mass is 9.91. The Hall–Kier alpha value is -1.35. The van der Waals surface area contributed by atoms with E-state index in [1.807, 2.05) is 12.1 Å². The van der Waals surface area contributed by atoms with Crippen LogP contribution in [0.5, 0.6) is 0 Å². The van der Waals surface area contributed by atoms with E-state index in [1.165, 1.54) is 18.4 Å². The largest absolute Gasteiger partial charge is 0.349 e. The Morgan fingerprint density at radius 1 is 1.11 bits per heavy atom. The Bertz CT molecular complexity index is 431. The van der Waals surface area contributed by atoms with Crippen molar-refractivity contribution in [2.75, 3.05) is 13.1 Å². The van der Waals surface area contributed by atoms with E-state index in [2.05, 4.69) is 22.8 Å². The molecule has 3 nitrogen and oxygen atoms in total. The zero-order valence-electron chi connectivity index (χ0n) is 11.3. The summed E-state index contributed by atoms with van der Waals surface area (Å²) in [6.07, 6.45) is 5.96. The van der Waals surface area contributed by atoms with Gasteiger partial charge in [0, 0.05) is 11.6 Å². The Balaban J connectivity index is 1.56. The molecule has 1 aromatic rings. The van der Waals surface area contributed by atoms with E-state index in [1.54, 1.807) is 0 Å². The van der Waals surface area contributed by atoms with Crippen molar-refractivity contribution in [3.05, 3.63) is 35.4 Å². The third-order valence-corrected chi connectivity index (χ3v) is 4.11. The minimum Gasteiger partial charge on any atom is -0.349 e. The van der Waals surface area contributed by atoms with Crippen LogP contribution < -0.4 is 10.6 Å². The maximum absolute atomic E-state index is 11.9. The summed E-state index contributed by atoms with van der Waals surface area (Å²) in [6, 6.07) is 8.59. The molecule has 1 saturated carbocycles. The first kappa shape index (κ1) is 12.7. The molecule has 1 aliphatic carbocycles. The van der Waals surface area contributed by atoms with Gasteiger partial charge in [0.1, 0.15) is 0 Å². The third-order valence-electron chi connectivity index (χ3n) is 4.11. The predicted molar refractivity (Wildman–Crippen MR) is 76.2 cm³/mol. The minimum atomic E-state index is 0.0796. The second-order valence-corrected chi connectivity index (χ2v) is 5.84. The number of hydrogen-bond acceptors (Lipinski definition) is 2. The molecule has 0 unspecified atom stereocenters. The topological polar surface area (TPSA) is 41.1 Å². The normalized spacial score (nSPS) is 20.2. The van der Waals surface area contributed by atoms with E-state index in [-0.39, 0.29) is 5.91 Å². The quantitative estimate of drug-likeness (QED) is 0.868. The first-order valence-electron chi connectivity index (χ1n) is 7.42. The fourth-order valence-electron chi connectivity index (χ4n) is 2.71. The summed E-state index contributed by atoms with van der Waals surface area (Å²) in [7, 11) is 0. The van der Waals surface area contributed by atoms with Crippen LogP contribution in [0, 0.1) is 5.92 Å². The number of piperidine rings is 1. The van der Waals surface area contributed by atoms with Crippen LogP contribution >= 0.6 is 0 Å². The Morgan fingerprint density at radius 3 is 2.42 bits per heavy atom. The van der Waals surface area contributed by atoms with Gasteiger partial charge in [-0.1, -0.05) is 12.1 Å². The van der Waals surface area contributed by atoms with Gasteiger partial charge in [0.2, 0.25) is 0 Å². The molecule has 19 heavy (non-hydrogen) atoms. The van der Waals surface area contributed by atoms with Crippen LogP contribution in [-0.4, -0.2) is 25.0 Å². The van der Waals surface area contributed by atoms with E-state index in [0.29, 0.717) is 6.04 Å². The number of hydrogen-bond donors (Lipinski definition) is 2. The molecule has 102 valence electrons. The van der Waals surface area contributed by atoms with Crippen molar-refractivity contribution < 1.29 is 4.79 Å². The molecule has 1 aliphatic heterocycles. The predicted octanol–water partition coefficient (Wildman–Crippen LogP) is 2.12. The number of carbonyl (C=O) groups excluding carboxylic acids is 1. The van der Waals surface area contributed by atoms with Crippen molar-refractivity contribution in [1.29, 1.82) is 0 Å². The first-order valence-corrected chi connectivity index (χ1v) is 7.42. The summed E-state index contributed by atoms with van der Waals surface area (Å²) >= 11 is 0. The summed E-state index contributed by atoms with van der Waals surface area (Å²) in [5.74, 6) is 0.878. The van der Waals surface area contributed by atoms with Crippen molar-refractivity contribution in [3.63, 3.8) is 0 Å². The molecular formula is C16H22N2O. The maximum Gasteiger partial charge on any atom is 0.251 e. The highest BCUT2D eigenvalue weighted by atomic mass is 16.1. The average molecular weight is 258 g/mol. The molecule has 3 rings (SSSR count). The van der Waals surface area contributed by atoms with Crippen molar-refractivity contribution in [3.8, 4) is 0 Å². The second kappa shape index (κ2) is 5.74. The molecule has 3 heteroatoms. The van der Waals surface area contributed by atoms with E-state index in [4.69, 9.17) is 0 Å². The molecule has 0 bridgehead atoms. The fraction of sp³-hybridized carbons (Fsp3) is 0.562. The molecule has 0 aromatic heterocycles. The van der Waals surface area contributed by atoms with Gasteiger partial charge in [-0.25, -0.2) is 0 Å². The highest BCUT2D eigenvalue weighted by Gasteiger charge is 2.23. The molecule has 2 fully saturated rings. The lowest BCUT2D eigenvalue weighted by molar-refractivity contribution is 0.0951. The minimum absolute atomic E-state index is 0.0796. The van der Waals surface area contributed by atoms with Crippen LogP contribution in [0.25, 0.3) is 0 Å². The monoisotopic (exact) mass is 258 g/mol. The van der Waals surface area contributed by atoms with Crippen LogP contribution in [-0.2, 0) is 6.42 Å². The average Bonchev–Trinajstić information content (AvgIpc) is 3.25. The van der Waals surface area contributed by atoms with Crippen molar-refractivity contribution >= 4 is 5.91 Å². The van der Waals surface area contributed by atoms with Crippen LogP contribution in [0.1, 0.15) is 41.6 Å². The van der Waals surface area contributed by atoms with Crippen LogP contribution in [0.3, 0.4) is 0 Å². The highest BCUT2D eigenvalue weighted by Crippen LogP contribution is 2.20. The second-order valence-electron chi connectivity index (χ2n) is 5.84. The van der Waals surface area contributed by atoms with Crippen LogP contribution in [0.4, 0.5) is 0 Å². The Labute approximate surface area is 114 Å². The number of benzene rings is 1. The molecular weight excluding hydrogens is 236 g/mol. The summed E-state index contributed by atoms with van der Waals surface area (Å²) in [4.78, 5) is 11.9. The lowest BCUT2D eigenvalue weighted by Crippen LogP contribution is -2.28. The fourth-order valence-corrected chi connectivity index (χ4v) is 2.71. The van der Waals surface area contributed by atoms with Crippen LogP contribution in [0.15, 0.2) is 24.3 Å². The van der Waals surface area contributed by atoms with Gasteiger partial charge in [-0.2, -0.15) is 0 Å². The summed E-state index contributed by atoms with van der Waals surface area (Å²) in [5, 5.41) is 6.42. The standard InChI is InChI=1S/C16H22N2O/c19-16(18-15-5-6-15)14-3-1-12(2-4-14)11-13-7-9-17-10-8-13/h1-4,13,15,17H,5-11H2,(H,18,19). The number of nitrogens with one attached hydrogen (secondary N) is 2. The van der Waals surface area contributed by atoms with Gasteiger partial charge in [0.05, 0.1) is 0 Å². The molecule has 0 spiro atoms. The van der Waals surface area contributed by atoms with Crippen molar-refractivity contribution in [2.24, 2.45) is 5.92 Å². The van der Waals surface area contributed by atoms with Gasteiger partial charge in [-0.05, 0) is 68.8 Å². The molecule has 0 radical (unpaired) electrons. The first-order chi connectivity index (χ1) is 9.31. The van der Waals surface area contributed by atoms with Crippen molar-refractivity contribution in [2.45, 2.75) is 38.1 Å². The Kier molecular flexibility index (Phi) is 3.83. The SMILES string of the molecule is O=C(NC1CC1)c1ccc(CC2CCNCC2)cc1. The zero-order chi connectivity index (χ0) is 13.1. The molecule has 0 atom stereocenters. The summed E-state index contributed by atoms with van der Waals surface area (Å²) in [6.45, 7) is 2.29. The molecule has 2 aliphatic rings. The smallest absolute Gasteiger partial charge is 0.251 e. The zero-order valence-corrected chi connectivity index (χ0v) is 11.3. The number of rotatable bonds is 4. The summed E-state index contributed by atoms with van der Waals surface area (Å²) in [5.41, 5.74) is 2.15. The van der Waals surface area contributed by atoms with Gasteiger partial charge in [-0.15, -0.1) is 0 Å². The van der Waals surface area contributed by atoms with E-state index >= 15 is 0 Å². The highest BCUT2D eigenvalue weighted by molar-refractivity contribution is 5.94. The number of amides is 1. The van der Waals surface area contributed by atoms with E-state index in [9.17, 15) is 4.79 Å². The van der Waals surface area contributed by atoms with E-state index in [0.717, 1.165) is 43.8 Å². The van der Waals surface area contributed by atoms with Gasteiger partial charge < -0.3 is 10.6 Å². The van der Waals surface area contributed by atoms with Crippen molar-refractivity contribution in [1.82, 2.24) is 10.6 Å². The van der Waals surface area contributed by atoms with Gasteiger partial charge in [-0.3, -0.25) is 4.79 Å². The molecule has 1 aromatic carbocycles. The van der Waals surface area contributed by atoms with Gasteiger partial charge >= 0.3 is 0 Å². The Morgan fingerprint density at radius 2 is 1.79 bits per heavy atom. The molecule has 1 heterocycles. The van der Waals surface area contributed by atoms with Gasteiger partial charge in [0.15, 0.2) is 0 Å². The van der Waals surface area contributed by atoms with Gasteiger partial charge in [0.25, 0.3) is 5.91 Å². The molecule has 2 N–H and O–H groups in total. The summed E-state index contributed by atoms with van der Waals surface area (Å²) < 4.78 is 0. The van der Waals surface area contributed by atoms with Crippen LogP contribution in [0.2, 0.25) is 0 Å². The van der Waals surface area contributed by atoms with E-state index < -0.39 is 0 Å². The lowest BCUT2D eigenvalue weighted by Gasteiger charge is -2.22. The molecule has 1 saturated heterocycles. The third kappa shape index (κ3) is 3.57. The maximum atomic E-state index is 11.9.